The van der Waals surface area contributed by atoms with E-state index < -0.39 is 0 Å². The fourth-order valence-corrected chi connectivity index (χ4v) is 1.65. The van der Waals surface area contributed by atoms with E-state index in [0.717, 1.165) is 29.4 Å². The van der Waals surface area contributed by atoms with Gasteiger partial charge in [0.2, 0.25) is 0 Å². The maximum Gasteiger partial charge on any atom is 0.253 e. The van der Waals surface area contributed by atoms with Gasteiger partial charge in [0, 0.05) is 23.6 Å². The van der Waals surface area contributed by atoms with Crippen molar-refractivity contribution < 1.29 is 4.79 Å². The van der Waals surface area contributed by atoms with Gasteiger partial charge in [0.25, 0.3) is 5.91 Å². The number of hydrogen-bond acceptors (Lipinski definition) is 1. The van der Waals surface area contributed by atoms with Crippen LogP contribution >= 0.6 is 15.9 Å². The fourth-order valence-electron chi connectivity index (χ4n) is 1.39. The molecular weight excluding hydrogens is 266 g/mol. The molecule has 0 N–H and O–H groups in total. The fraction of sp³-hybridized carbons (Fsp3) is 0.308. The van der Waals surface area contributed by atoms with Gasteiger partial charge in [0.05, 0.1) is 0 Å². The molecule has 0 radical (unpaired) electrons. The van der Waals surface area contributed by atoms with Crippen molar-refractivity contribution in [2.75, 3.05) is 13.6 Å². The average Bonchev–Trinajstić information content (AvgIpc) is 2.29. The molecule has 0 aliphatic heterocycles. The molecule has 16 heavy (non-hydrogen) atoms. The van der Waals surface area contributed by atoms with Crippen LogP contribution in [0, 0.1) is 0 Å². The molecule has 86 valence electrons. The first-order valence-corrected chi connectivity index (χ1v) is 6.06. The Balaban J connectivity index is 2.56. The minimum Gasteiger partial charge on any atom is -0.342 e. The van der Waals surface area contributed by atoms with Gasteiger partial charge in [-0.3, -0.25) is 4.79 Å². The van der Waals surface area contributed by atoms with Crippen LogP contribution < -0.4 is 0 Å². The molecule has 0 fully saturated rings. The molecule has 0 aliphatic carbocycles. The SMILES string of the molecule is C=CCCCN(C)C(=O)c1ccc(Br)cc1. The maximum absolute atomic E-state index is 11.9. The van der Waals surface area contributed by atoms with E-state index in [2.05, 4.69) is 22.5 Å². The summed E-state index contributed by atoms with van der Waals surface area (Å²) < 4.78 is 0.985. The van der Waals surface area contributed by atoms with E-state index in [1.165, 1.54) is 0 Å². The predicted octanol–water partition coefficient (Wildman–Crippen LogP) is 3.49. The summed E-state index contributed by atoms with van der Waals surface area (Å²) in [7, 11) is 1.83. The summed E-state index contributed by atoms with van der Waals surface area (Å²) in [6.07, 6.45) is 3.78. The van der Waals surface area contributed by atoms with E-state index in [1.807, 2.05) is 37.4 Å². The Hall–Kier alpha value is -1.09. The van der Waals surface area contributed by atoms with E-state index in [4.69, 9.17) is 0 Å². The number of carbonyl (C=O) groups is 1. The molecule has 1 amide bonds. The van der Waals surface area contributed by atoms with Crippen molar-refractivity contribution in [3.63, 3.8) is 0 Å². The third-order valence-corrected chi connectivity index (χ3v) is 2.87. The zero-order valence-corrected chi connectivity index (χ0v) is 11.0. The smallest absolute Gasteiger partial charge is 0.253 e. The highest BCUT2D eigenvalue weighted by molar-refractivity contribution is 9.10. The van der Waals surface area contributed by atoms with Crippen molar-refractivity contribution in [3.8, 4) is 0 Å². The van der Waals surface area contributed by atoms with Gasteiger partial charge in [-0.2, -0.15) is 0 Å². The molecule has 3 heteroatoms. The van der Waals surface area contributed by atoms with Gasteiger partial charge in [-0.25, -0.2) is 0 Å². The van der Waals surface area contributed by atoms with Crippen LogP contribution in [-0.4, -0.2) is 24.4 Å². The summed E-state index contributed by atoms with van der Waals surface area (Å²) in [6, 6.07) is 7.42. The molecule has 0 saturated carbocycles. The number of unbranched alkanes of at least 4 members (excludes halogenated alkanes) is 1. The van der Waals surface area contributed by atoms with Gasteiger partial charge in [0.1, 0.15) is 0 Å². The molecule has 0 unspecified atom stereocenters. The van der Waals surface area contributed by atoms with Crippen LogP contribution in [0.25, 0.3) is 0 Å². The Morgan fingerprint density at radius 1 is 1.44 bits per heavy atom. The minimum absolute atomic E-state index is 0.0663. The molecule has 0 aliphatic rings. The molecule has 0 spiro atoms. The zero-order valence-electron chi connectivity index (χ0n) is 9.45. The second kappa shape index (κ2) is 6.48. The van der Waals surface area contributed by atoms with Crippen LogP contribution in [0.2, 0.25) is 0 Å². The Labute approximate surface area is 105 Å². The second-order valence-electron chi connectivity index (χ2n) is 3.66. The van der Waals surface area contributed by atoms with E-state index in [0.29, 0.717) is 0 Å². The van der Waals surface area contributed by atoms with E-state index in [-0.39, 0.29) is 5.91 Å². The number of carbonyl (C=O) groups excluding carboxylic acids is 1. The summed E-state index contributed by atoms with van der Waals surface area (Å²) in [5, 5.41) is 0. The third-order valence-electron chi connectivity index (χ3n) is 2.34. The van der Waals surface area contributed by atoms with Crippen molar-refractivity contribution in [1.82, 2.24) is 4.90 Å². The van der Waals surface area contributed by atoms with Crippen LogP contribution in [0.4, 0.5) is 0 Å². The minimum atomic E-state index is 0.0663. The first-order chi connectivity index (χ1) is 7.65. The summed E-state index contributed by atoms with van der Waals surface area (Å²) in [6.45, 7) is 4.43. The molecule has 0 atom stereocenters. The number of nitrogens with zero attached hydrogens (tertiary/aromatic N) is 1. The number of halogens is 1. The Bertz CT molecular complexity index is 359. The van der Waals surface area contributed by atoms with Gasteiger partial charge in [0.15, 0.2) is 0 Å². The predicted molar refractivity (Wildman–Crippen MR) is 70.5 cm³/mol. The van der Waals surface area contributed by atoms with Gasteiger partial charge in [-0.1, -0.05) is 22.0 Å². The second-order valence-corrected chi connectivity index (χ2v) is 4.58. The van der Waals surface area contributed by atoms with Crippen molar-refractivity contribution in [2.24, 2.45) is 0 Å². The van der Waals surface area contributed by atoms with Gasteiger partial charge < -0.3 is 4.90 Å². The Morgan fingerprint density at radius 2 is 2.06 bits per heavy atom. The Kier molecular flexibility index (Phi) is 5.26. The molecule has 0 aromatic heterocycles. The Morgan fingerprint density at radius 3 is 2.62 bits per heavy atom. The third kappa shape index (κ3) is 3.81. The topological polar surface area (TPSA) is 20.3 Å². The van der Waals surface area contributed by atoms with Crippen molar-refractivity contribution in [1.29, 1.82) is 0 Å². The standard InChI is InChI=1S/C13H16BrNO/c1-3-4-5-10-15(2)13(16)11-6-8-12(14)9-7-11/h3,6-9H,1,4-5,10H2,2H3. The van der Waals surface area contributed by atoms with Gasteiger partial charge in [-0.05, 0) is 37.1 Å². The lowest BCUT2D eigenvalue weighted by atomic mass is 10.2. The van der Waals surface area contributed by atoms with Crippen molar-refractivity contribution in [2.45, 2.75) is 12.8 Å². The molecule has 1 rings (SSSR count). The maximum atomic E-state index is 11.9. The number of hydrogen-bond donors (Lipinski definition) is 0. The molecule has 1 aromatic carbocycles. The summed E-state index contributed by atoms with van der Waals surface area (Å²) in [4.78, 5) is 13.7. The molecule has 0 bridgehead atoms. The van der Waals surface area contributed by atoms with Crippen LogP contribution in [0.5, 0.6) is 0 Å². The molecule has 1 aromatic rings. The largest absolute Gasteiger partial charge is 0.342 e. The molecule has 0 heterocycles. The number of benzene rings is 1. The van der Waals surface area contributed by atoms with Crippen molar-refractivity contribution >= 4 is 21.8 Å². The number of allylic oxidation sites excluding steroid dienone is 1. The monoisotopic (exact) mass is 281 g/mol. The summed E-state index contributed by atoms with van der Waals surface area (Å²) in [5.74, 6) is 0.0663. The van der Waals surface area contributed by atoms with E-state index in [1.54, 1.807) is 4.90 Å². The van der Waals surface area contributed by atoms with Gasteiger partial charge in [-0.15, -0.1) is 6.58 Å². The zero-order chi connectivity index (χ0) is 12.0. The lowest BCUT2D eigenvalue weighted by Gasteiger charge is -2.16. The number of amides is 1. The van der Waals surface area contributed by atoms with Gasteiger partial charge >= 0.3 is 0 Å². The quantitative estimate of drug-likeness (QED) is 0.598. The normalized spacial score (nSPS) is 9.88. The summed E-state index contributed by atoms with van der Waals surface area (Å²) in [5.41, 5.74) is 0.726. The number of rotatable bonds is 5. The van der Waals surface area contributed by atoms with Crippen LogP contribution in [0.1, 0.15) is 23.2 Å². The van der Waals surface area contributed by atoms with E-state index in [9.17, 15) is 4.79 Å². The highest BCUT2D eigenvalue weighted by atomic mass is 79.9. The first-order valence-electron chi connectivity index (χ1n) is 5.27. The lowest BCUT2D eigenvalue weighted by Crippen LogP contribution is -2.27. The highest BCUT2D eigenvalue weighted by Gasteiger charge is 2.10. The summed E-state index contributed by atoms with van der Waals surface area (Å²) >= 11 is 3.35. The van der Waals surface area contributed by atoms with Crippen molar-refractivity contribution in [3.05, 3.63) is 47.0 Å². The van der Waals surface area contributed by atoms with Crippen LogP contribution in [0.3, 0.4) is 0 Å². The molecule has 2 nitrogen and oxygen atoms in total. The highest BCUT2D eigenvalue weighted by Crippen LogP contribution is 2.12. The first kappa shape index (κ1) is 13.0. The molecule has 0 saturated heterocycles. The van der Waals surface area contributed by atoms with Crippen LogP contribution in [0.15, 0.2) is 41.4 Å². The lowest BCUT2D eigenvalue weighted by molar-refractivity contribution is 0.0794. The van der Waals surface area contributed by atoms with Crippen LogP contribution in [-0.2, 0) is 0 Å². The van der Waals surface area contributed by atoms with E-state index >= 15 is 0 Å². The molecular formula is C13H16BrNO. The average molecular weight is 282 g/mol.